The van der Waals surface area contributed by atoms with Crippen LogP contribution < -0.4 is 0 Å². The van der Waals surface area contributed by atoms with Crippen molar-refractivity contribution in [3.63, 3.8) is 0 Å². The molecule has 0 atom stereocenters. The van der Waals surface area contributed by atoms with Gasteiger partial charge in [-0.3, -0.25) is 4.68 Å². The predicted molar refractivity (Wildman–Crippen MR) is 45.7 cm³/mol. The summed E-state index contributed by atoms with van der Waals surface area (Å²) in [4.78, 5) is 14.3. The lowest BCUT2D eigenvalue weighted by Gasteiger charge is -1.91. The summed E-state index contributed by atoms with van der Waals surface area (Å²) in [5, 5.41) is 12.7. The van der Waals surface area contributed by atoms with Crippen molar-refractivity contribution in [1.82, 2.24) is 14.8 Å². The first-order valence-electron chi connectivity index (χ1n) is 3.84. The van der Waals surface area contributed by atoms with Gasteiger partial charge in [0, 0.05) is 13.2 Å². The minimum Gasteiger partial charge on any atom is -0.476 e. The molecular formula is C8H7N3O3. The Morgan fingerprint density at radius 1 is 1.64 bits per heavy atom. The average molecular weight is 193 g/mol. The molecule has 2 heterocycles. The Hall–Kier alpha value is -2.11. The maximum Gasteiger partial charge on any atom is 0.358 e. The number of hydrogen-bond donors (Lipinski definition) is 1. The fraction of sp³-hybridized carbons (Fsp3) is 0.125. The monoisotopic (exact) mass is 193 g/mol. The first-order valence-corrected chi connectivity index (χ1v) is 3.84. The lowest BCUT2D eigenvalue weighted by atomic mass is 10.2. The zero-order valence-corrected chi connectivity index (χ0v) is 7.34. The molecule has 0 fully saturated rings. The van der Waals surface area contributed by atoms with Gasteiger partial charge in [-0.25, -0.2) is 9.78 Å². The van der Waals surface area contributed by atoms with Crippen molar-refractivity contribution in [2.75, 3.05) is 0 Å². The molecule has 0 aliphatic rings. The number of carboxylic acids is 1. The van der Waals surface area contributed by atoms with Crippen LogP contribution in [0.1, 0.15) is 10.5 Å². The molecule has 1 N–H and O–H groups in total. The molecule has 0 aliphatic carbocycles. The molecule has 2 aromatic rings. The van der Waals surface area contributed by atoms with Crippen molar-refractivity contribution in [1.29, 1.82) is 0 Å². The second-order valence-corrected chi connectivity index (χ2v) is 2.74. The molecule has 0 saturated heterocycles. The molecule has 0 spiro atoms. The molecular weight excluding hydrogens is 186 g/mol. The molecule has 72 valence electrons. The van der Waals surface area contributed by atoms with Gasteiger partial charge in [0.05, 0.1) is 11.8 Å². The van der Waals surface area contributed by atoms with E-state index in [0.717, 1.165) is 6.39 Å². The summed E-state index contributed by atoms with van der Waals surface area (Å²) >= 11 is 0. The summed E-state index contributed by atoms with van der Waals surface area (Å²) in [6.45, 7) is 0. The van der Waals surface area contributed by atoms with Gasteiger partial charge in [-0.1, -0.05) is 0 Å². The van der Waals surface area contributed by atoms with E-state index in [1.165, 1.54) is 6.20 Å². The number of carbonyl (C=O) groups is 1. The Morgan fingerprint density at radius 2 is 2.43 bits per heavy atom. The smallest absolute Gasteiger partial charge is 0.358 e. The van der Waals surface area contributed by atoms with Gasteiger partial charge in [0.25, 0.3) is 0 Å². The van der Waals surface area contributed by atoms with Crippen LogP contribution in [0.25, 0.3) is 11.3 Å². The van der Waals surface area contributed by atoms with E-state index in [-0.39, 0.29) is 11.5 Å². The Kier molecular flexibility index (Phi) is 1.81. The molecule has 6 nitrogen and oxygen atoms in total. The number of aryl methyl sites for hydroxylation is 1. The third kappa shape index (κ3) is 1.26. The topological polar surface area (TPSA) is 81.2 Å². The predicted octanol–water partition coefficient (Wildman–Crippen LogP) is 0.773. The quantitative estimate of drug-likeness (QED) is 0.761. The van der Waals surface area contributed by atoms with Gasteiger partial charge in [-0.15, -0.1) is 0 Å². The Balaban J connectivity index is 2.51. The fourth-order valence-electron chi connectivity index (χ4n) is 1.14. The Morgan fingerprint density at radius 3 is 3.00 bits per heavy atom. The minimum absolute atomic E-state index is 0.0991. The van der Waals surface area contributed by atoms with E-state index >= 15 is 0 Å². The summed E-state index contributed by atoms with van der Waals surface area (Å²) in [5.41, 5.74) is 0.500. The van der Waals surface area contributed by atoms with Gasteiger partial charge in [-0.05, 0) is 0 Å². The summed E-state index contributed by atoms with van der Waals surface area (Å²) in [5.74, 6) is -0.886. The number of carboxylic acid groups (broad SMARTS) is 1. The molecule has 2 aromatic heterocycles. The van der Waals surface area contributed by atoms with E-state index in [0.29, 0.717) is 5.56 Å². The number of hydrogen-bond acceptors (Lipinski definition) is 4. The van der Waals surface area contributed by atoms with Gasteiger partial charge < -0.3 is 9.52 Å². The molecule has 0 amide bonds. The number of nitrogens with zero attached hydrogens (tertiary/aromatic N) is 3. The molecule has 0 unspecified atom stereocenters. The maximum absolute atomic E-state index is 10.7. The maximum atomic E-state index is 10.7. The average Bonchev–Trinajstić information content (AvgIpc) is 2.70. The lowest BCUT2D eigenvalue weighted by Crippen LogP contribution is -1.98. The molecule has 14 heavy (non-hydrogen) atoms. The van der Waals surface area contributed by atoms with Gasteiger partial charge in [0.1, 0.15) is 0 Å². The normalized spacial score (nSPS) is 10.4. The number of rotatable bonds is 2. The second kappa shape index (κ2) is 2.99. The SMILES string of the molecule is Cn1cc(-c2ocnc2C(=O)O)cn1. The largest absolute Gasteiger partial charge is 0.476 e. The second-order valence-electron chi connectivity index (χ2n) is 2.74. The van der Waals surface area contributed by atoms with Gasteiger partial charge in [0.15, 0.2) is 17.8 Å². The number of oxazole rings is 1. The summed E-state index contributed by atoms with van der Waals surface area (Å²) in [6.07, 6.45) is 4.28. The van der Waals surface area contributed by atoms with E-state index in [4.69, 9.17) is 9.52 Å². The highest BCUT2D eigenvalue weighted by molar-refractivity contribution is 5.91. The first kappa shape index (κ1) is 8.49. The highest BCUT2D eigenvalue weighted by Gasteiger charge is 2.17. The minimum atomic E-state index is -1.11. The molecule has 0 aliphatic heterocycles. The van der Waals surface area contributed by atoms with Crippen LogP contribution in [0.15, 0.2) is 23.2 Å². The van der Waals surface area contributed by atoms with Crippen molar-refractivity contribution in [2.45, 2.75) is 0 Å². The van der Waals surface area contributed by atoms with Gasteiger partial charge in [0.2, 0.25) is 0 Å². The Bertz CT molecular complexity index is 472. The van der Waals surface area contributed by atoms with Crippen LogP contribution in [0.3, 0.4) is 0 Å². The van der Waals surface area contributed by atoms with E-state index in [1.54, 1.807) is 17.9 Å². The van der Waals surface area contributed by atoms with Crippen molar-refractivity contribution in [2.24, 2.45) is 7.05 Å². The van der Waals surface area contributed by atoms with Crippen LogP contribution in [0.5, 0.6) is 0 Å². The van der Waals surface area contributed by atoms with Gasteiger partial charge in [-0.2, -0.15) is 5.10 Å². The number of aromatic nitrogens is 3. The highest BCUT2D eigenvalue weighted by Crippen LogP contribution is 2.21. The van der Waals surface area contributed by atoms with E-state index in [1.807, 2.05) is 0 Å². The van der Waals surface area contributed by atoms with Crippen molar-refractivity contribution in [3.8, 4) is 11.3 Å². The third-order valence-electron chi connectivity index (χ3n) is 1.74. The van der Waals surface area contributed by atoms with Crippen LogP contribution in [-0.4, -0.2) is 25.8 Å². The Labute approximate surface area is 78.8 Å². The van der Waals surface area contributed by atoms with Crippen LogP contribution in [-0.2, 0) is 7.05 Å². The van der Waals surface area contributed by atoms with Crippen molar-refractivity contribution >= 4 is 5.97 Å². The lowest BCUT2D eigenvalue weighted by molar-refractivity contribution is 0.0691. The first-order chi connectivity index (χ1) is 6.68. The van der Waals surface area contributed by atoms with Crippen LogP contribution in [0, 0.1) is 0 Å². The molecule has 6 heteroatoms. The number of aromatic carboxylic acids is 1. The van der Waals surface area contributed by atoms with Crippen LogP contribution >= 0.6 is 0 Å². The molecule has 0 bridgehead atoms. The van der Waals surface area contributed by atoms with E-state index in [2.05, 4.69) is 10.1 Å². The van der Waals surface area contributed by atoms with Crippen LogP contribution in [0.2, 0.25) is 0 Å². The van der Waals surface area contributed by atoms with Crippen molar-refractivity contribution < 1.29 is 14.3 Å². The third-order valence-corrected chi connectivity index (χ3v) is 1.74. The summed E-state index contributed by atoms with van der Waals surface area (Å²) in [7, 11) is 1.74. The zero-order valence-electron chi connectivity index (χ0n) is 7.34. The molecule has 2 rings (SSSR count). The standard InChI is InChI=1S/C8H7N3O3/c1-11-3-5(2-10-11)7-6(8(12)13)9-4-14-7/h2-4H,1H3,(H,12,13). The molecule has 0 saturated carbocycles. The van der Waals surface area contributed by atoms with E-state index < -0.39 is 5.97 Å². The van der Waals surface area contributed by atoms with Crippen molar-refractivity contribution in [3.05, 3.63) is 24.5 Å². The molecule has 0 radical (unpaired) electrons. The molecule has 0 aromatic carbocycles. The fourth-order valence-corrected chi connectivity index (χ4v) is 1.14. The highest BCUT2D eigenvalue weighted by atomic mass is 16.4. The van der Waals surface area contributed by atoms with E-state index in [9.17, 15) is 4.79 Å². The van der Waals surface area contributed by atoms with Crippen LogP contribution in [0.4, 0.5) is 0 Å². The zero-order chi connectivity index (χ0) is 10.1. The van der Waals surface area contributed by atoms with Gasteiger partial charge >= 0.3 is 5.97 Å². The summed E-state index contributed by atoms with van der Waals surface area (Å²) in [6, 6.07) is 0. The summed E-state index contributed by atoms with van der Waals surface area (Å²) < 4.78 is 6.54.